The second-order valence-electron chi connectivity index (χ2n) is 8.91. The number of aromatic hydroxyl groups is 1. The zero-order chi connectivity index (χ0) is 24.4. The number of likely N-dealkylation sites (N-methyl/N-ethyl adjacent to an activating group) is 1. The van der Waals surface area contributed by atoms with Crippen LogP contribution in [0.25, 0.3) is 0 Å². The summed E-state index contributed by atoms with van der Waals surface area (Å²) >= 11 is 0. The number of para-hydroxylation sites is 2. The zero-order valence-electron chi connectivity index (χ0n) is 19.2. The van der Waals surface area contributed by atoms with E-state index in [1.807, 2.05) is 0 Å². The van der Waals surface area contributed by atoms with E-state index in [0.717, 1.165) is 0 Å². The number of amides is 2. The number of carbonyl (C=O) groups is 2. The molecular formula is C23H30N4O5S. The minimum Gasteiger partial charge on any atom is -0.508 e. The number of phenolic OH excluding ortho intramolecular Hbond substituents is 1. The van der Waals surface area contributed by atoms with Gasteiger partial charge in [0.1, 0.15) is 17.8 Å². The molecule has 10 heteroatoms. The minimum absolute atomic E-state index is 0.0522. The van der Waals surface area contributed by atoms with Gasteiger partial charge in [0.05, 0.1) is 4.75 Å². The topological polar surface area (TPSA) is 128 Å². The van der Waals surface area contributed by atoms with E-state index >= 15 is 0 Å². The van der Waals surface area contributed by atoms with E-state index in [-0.39, 0.29) is 31.3 Å². The van der Waals surface area contributed by atoms with Crippen molar-refractivity contribution >= 4 is 27.5 Å². The lowest BCUT2D eigenvalue weighted by atomic mass is 9.91. The molecule has 1 aliphatic rings. The molecule has 1 atom stereocenters. The van der Waals surface area contributed by atoms with Crippen molar-refractivity contribution in [3.05, 3.63) is 59.7 Å². The van der Waals surface area contributed by atoms with Crippen LogP contribution in [0.3, 0.4) is 0 Å². The van der Waals surface area contributed by atoms with Gasteiger partial charge in [-0.3, -0.25) is 14.9 Å². The summed E-state index contributed by atoms with van der Waals surface area (Å²) in [7, 11) is -2.29. The van der Waals surface area contributed by atoms with Gasteiger partial charge in [0.2, 0.25) is 15.9 Å². The molecule has 1 heterocycles. The highest BCUT2D eigenvalue weighted by Crippen LogP contribution is 2.40. The molecule has 0 aliphatic carbocycles. The normalized spacial score (nSPS) is 18.3. The van der Waals surface area contributed by atoms with Crippen molar-refractivity contribution < 1.29 is 23.1 Å². The van der Waals surface area contributed by atoms with Gasteiger partial charge in [0.25, 0.3) is 5.91 Å². The Kier molecular flexibility index (Phi) is 6.83. The summed E-state index contributed by atoms with van der Waals surface area (Å²) in [6.07, 6.45) is 0. The highest BCUT2D eigenvalue weighted by Gasteiger charge is 2.52. The molecule has 0 fully saturated rings. The molecule has 0 aromatic heterocycles. The number of anilines is 1. The first-order valence-electron chi connectivity index (χ1n) is 10.6. The number of hydrogen-bond donors (Lipinski definition) is 4. The van der Waals surface area contributed by atoms with Gasteiger partial charge in [0, 0.05) is 37.0 Å². The molecule has 9 nitrogen and oxygen atoms in total. The van der Waals surface area contributed by atoms with Crippen molar-refractivity contribution in [3.8, 4) is 5.75 Å². The number of nitrogens with zero attached hydrogens (tertiary/aromatic N) is 1. The molecule has 0 saturated heterocycles. The Labute approximate surface area is 194 Å². The van der Waals surface area contributed by atoms with Gasteiger partial charge in [-0.25, -0.2) is 13.1 Å². The van der Waals surface area contributed by atoms with Crippen LogP contribution in [-0.2, 0) is 31.7 Å². The summed E-state index contributed by atoms with van der Waals surface area (Å²) in [5, 5.41) is 15.9. The van der Waals surface area contributed by atoms with Gasteiger partial charge in [-0.15, -0.1) is 0 Å². The molecule has 33 heavy (non-hydrogen) atoms. The van der Waals surface area contributed by atoms with Crippen LogP contribution in [0.2, 0.25) is 0 Å². The molecular weight excluding hydrogens is 444 g/mol. The fraction of sp³-hybridized carbons (Fsp3) is 0.391. The van der Waals surface area contributed by atoms with Crippen LogP contribution < -0.4 is 20.3 Å². The average molecular weight is 475 g/mol. The van der Waals surface area contributed by atoms with Gasteiger partial charge < -0.3 is 15.3 Å². The average Bonchev–Trinajstić information content (AvgIpc) is 2.99. The molecule has 1 unspecified atom stereocenters. The largest absolute Gasteiger partial charge is 0.508 e. The third-order valence-corrected chi connectivity index (χ3v) is 7.89. The van der Waals surface area contributed by atoms with E-state index in [9.17, 15) is 23.1 Å². The van der Waals surface area contributed by atoms with Gasteiger partial charge in [0.15, 0.2) is 0 Å². The van der Waals surface area contributed by atoms with E-state index in [1.165, 1.54) is 18.0 Å². The Morgan fingerprint density at radius 1 is 1.09 bits per heavy atom. The quantitative estimate of drug-likeness (QED) is 0.455. The monoisotopic (exact) mass is 474 g/mol. The second-order valence-corrected chi connectivity index (χ2v) is 11.4. The maximum Gasteiger partial charge on any atom is 0.253 e. The highest BCUT2D eigenvalue weighted by molar-refractivity contribution is 7.90. The molecule has 0 spiro atoms. The van der Waals surface area contributed by atoms with Crippen molar-refractivity contribution in [1.29, 1.82) is 0 Å². The van der Waals surface area contributed by atoms with Crippen molar-refractivity contribution in [3.63, 3.8) is 0 Å². The van der Waals surface area contributed by atoms with Crippen LogP contribution in [0.5, 0.6) is 5.75 Å². The van der Waals surface area contributed by atoms with Gasteiger partial charge in [-0.2, -0.15) is 0 Å². The van der Waals surface area contributed by atoms with E-state index in [4.69, 9.17) is 0 Å². The third kappa shape index (κ3) is 4.73. The van der Waals surface area contributed by atoms with E-state index < -0.39 is 26.2 Å². The van der Waals surface area contributed by atoms with Crippen molar-refractivity contribution in [2.45, 2.75) is 37.6 Å². The lowest BCUT2D eigenvalue weighted by Gasteiger charge is -2.32. The predicted octanol–water partition coefficient (Wildman–Crippen LogP) is 1.19. The summed E-state index contributed by atoms with van der Waals surface area (Å²) in [5.74, 6) is -0.763. The number of hydrogen-bond acceptors (Lipinski definition) is 6. The van der Waals surface area contributed by atoms with E-state index in [1.54, 1.807) is 63.2 Å². The van der Waals surface area contributed by atoms with Crippen LogP contribution in [0.1, 0.15) is 31.9 Å². The summed E-state index contributed by atoms with van der Waals surface area (Å²) in [4.78, 5) is 27.3. The molecule has 0 radical (unpaired) electrons. The number of fused-ring (bicyclic) bond motifs is 1. The SMILES string of the molecule is CNC(=O)CN1C(=O)C(CNS(=O)(=O)C(C)(C)C)(NCc2ccccc2O)c2ccccc21. The lowest BCUT2D eigenvalue weighted by Crippen LogP contribution is -2.58. The first kappa shape index (κ1) is 24.7. The van der Waals surface area contributed by atoms with Gasteiger partial charge in [-0.1, -0.05) is 36.4 Å². The Morgan fingerprint density at radius 3 is 2.36 bits per heavy atom. The van der Waals surface area contributed by atoms with Gasteiger partial charge in [-0.05, 0) is 32.9 Å². The fourth-order valence-electron chi connectivity index (χ4n) is 3.63. The summed E-state index contributed by atoms with van der Waals surface area (Å²) in [6, 6.07) is 13.7. The Bertz CT molecular complexity index is 1160. The molecule has 0 saturated carbocycles. The van der Waals surface area contributed by atoms with Crippen molar-refractivity contribution in [2.75, 3.05) is 25.0 Å². The van der Waals surface area contributed by atoms with Crippen LogP contribution in [0.4, 0.5) is 5.69 Å². The number of nitrogens with one attached hydrogen (secondary N) is 3. The first-order chi connectivity index (χ1) is 15.4. The summed E-state index contributed by atoms with van der Waals surface area (Å²) in [5.41, 5.74) is 0.132. The van der Waals surface area contributed by atoms with Crippen LogP contribution >= 0.6 is 0 Å². The van der Waals surface area contributed by atoms with E-state index in [2.05, 4.69) is 15.4 Å². The molecule has 2 aromatic carbocycles. The molecule has 4 N–H and O–H groups in total. The molecule has 3 rings (SSSR count). The smallest absolute Gasteiger partial charge is 0.253 e. The highest BCUT2D eigenvalue weighted by atomic mass is 32.2. The Hall–Kier alpha value is -2.95. The Morgan fingerprint density at radius 2 is 1.73 bits per heavy atom. The number of carbonyl (C=O) groups excluding carboxylic acids is 2. The lowest BCUT2D eigenvalue weighted by molar-refractivity contribution is -0.126. The van der Waals surface area contributed by atoms with E-state index in [0.29, 0.717) is 16.8 Å². The van der Waals surface area contributed by atoms with Crippen molar-refractivity contribution in [2.24, 2.45) is 0 Å². The molecule has 178 valence electrons. The van der Waals surface area contributed by atoms with Crippen LogP contribution in [-0.4, -0.2) is 50.2 Å². The summed E-state index contributed by atoms with van der Waals surface area (Å²) in [6.45, 7) is 4.33. The van der Waals surface area contributed by atoms with Crippen LogP contribution in [0, 0.1) is 0 Å². The molecule has 2 aromatic rings. The number of benzene rings is 2. The number of rotatable bonds is 8. The second kappa shape index (κ2) is 9.12. The fourth-order valence-corrected chi connectivity index (χ4v) is 4.47. The standard InChI is InChI=1S/C23H30N4O5S/c1-22(2,3)33(31,32)26-15-23(25-13-16-9-5-8-12-19(16)28)17-10-6-7-11-18(17)27(21(23)30)14-20(29)24-4/h5-12,25-26,28H,13-15H2,1-4H3,(H,24,29). The van der Waals surface area contributed by atoms with Crippen LogP contribution in [0.15, 0.2) is 48.5 Å². The minimum atomic E-state index is -3.78. The number of phenols is 1. The molecule has 1 aliphatic heterocycles. The first-order valence-corrected chi connectivity index (χ1v) is 12.0. The summed E-state index contributed by atoms with van der Waals surface area (Å²) < 4.78 is 27.2. The van der Waals surface area contributed by atoms with Crippen molar-refractivity contribution in [1.82, 2.24) is 15.4 Å². The third-order valence-electron chi connectivity index (χ3n) is 5.75. The maximum absolute atomic E-state index is 13.8. The van der Waals surface area contributed by atoms with Gasteiger partial charge >= 0.3 is 0 Å². The molecule has 2 amide bonds. The Balaban J connectivity index is 2.06. The maximum atomic E-state index is 13.8. The zero-order valence-corrected chi connectivity index (χ0v) is 20.0. The molecule has 0 bridgehead atoms. The predicted molar refractivity (Wildman–Crippen MR) is 126 cm³/mol. The number of sulfonamides is 1.